The molecule has 0 atom stereocenters. The first-order chi connectivity index (χ1) is 13.1. The van der Waals surface area contributed by atoms with Gasteiger partial charge in [0.1, 0.15) is 0 Å². The van der Waals surface area contributed by atoms with E-state index in [1.165, 1.54) is 11.8 Å². The molecule has 0 aliphatic rings. The van der Waals surface area contributed by atoms with E-state index in [0.717, 1.165) is 0 Å². The molecule has 0 N–H and O–H groups in total. The summed E-state index contributed by atoms with van der Waals surface area (Å²) >= 11 is 7.43. The number of ether oxygens (including phenoxy) is 1. The van der Waals surface area contributed by atoms with Gasteiger partial charge in [-0.05, 0) is 49.7 Å². The molecule has 0 fully saturated rings. The quantitative estimate of drug-likeness (QED) is 0.252. The van der Waals surface area contributed by atoms with Crippen molar-refractivity contribution in [2.45, 2.75) is 24.9 Å². The summed E-state index contributed by atoms with van der Waals surface area (Å²) in [5.41, 5.74) is 1.23. The summed E-state index contributed by atoms with van der Waals surface area (Å²) in [7, 11) is 0. The third-order valence-electron chi connectivity index (χ3n) is 3.89. The lowest BCUT2D eigenvalue weighted by Crippen LogP contribution is -2.21. The SMILES string of the molecule is CCOC(=O)CCCSc1nc2ccccc2c(=O)n1-c1ccc(Cl)cc1. The van der Waals surface area contributed by atoms with E-state index >= 15 is 0 Å². The monoisotopic (exact) mass is 402 g/mol. The normalized spacial score (nSPS) is 10.9. The molecule has 7 heteroatoms. The number of fused-ring (bicyclic) bond motifs is 1. The van der Waals surface area contributed by atoms with Crippen LogP contribution in [0.2, 0.25) is 5.02 Å². The molecule has 1 heterocycles. The van der Waals surface area contributed by atoms with Gasteiger partial charge in [-0.1, -0.05) is 35.5 Å². The van der Waals surface area contributed by atoms with Crippen LogP contribution in [-0.4, -0.2) is 27.9 Å². The third kappa shape index (κ3) is 4.70. The molecule has 0 unspecified atom stereocenters. The molecular formula is C20H19ClN2O3S. The molecule has 3 rings (SSSR count). The number of aromatic nitrogens is 2. The van der Waals surface area contributed by atoms with Gasteiger partial charge in [-0.3, -0.25) is 14.2 Å². The molecule has 140 valence electrons. The van der Waals surface area contributed by atoms with Crippen LogP contribution in [0.25, 0.3) is 16.6 Å². The number of carbonyl (C=O) groups excluding carboxylic acids is 1. The van der Waals surface area contributed by atoms with Crippen molar-refractivity contribution in [3.63, 3.8) is 0 Å². The van der Waals surface area contributed by atoms with Crippen LogP contribution in [0, 0.1) is 0 Å². The largest absolute Gasteiger partial charge is 0.466 e. The number of esters is 1. The van der Waals surface area contributed by atoms with Gasteiger partial charge >= 0.3 is 5.97 Å². The average molecular weight is 403 g/mol. The van der Waals surface area contributed by atoms with Crippen LogP contribution in [-0.2, 0) is 9.53 Å². The highest BCUT2D eigenvalue weighted by molar-refractivity contribution is 7.99. The lowest BCUT2D eigenvalue weighted by Gasteiger charge is -2.13. The fourth-order valence-corrected chi connectivity index (χ4v) is 3.72. The summed E-state index contributed by atoms with van der Waals surface area (Å²) in [6.45, 7) is 2.17. The van der Waals surface area contributed by atoms with E-state index in [9.17, 15) is 9.59 Å². The molecule has 0 saturated carbocycles. The molecule has 5 nitrogen and oxygen atoms in total. The van der Waals surface area contributed by atoms with E-state index in [0.29, 0.717) is 52.0 Å². The lowest BCUT2D eigenvalue weighted by atomic mass is 10.2. The lowest BCUT2D eigenvalue weighted by molar-refractivity contribution is -0.143. The second-order valence-corrected chi connectivity index (χ2v) is 7.28. The Morgan fingerprint density at radius 1 is 1.19 bits per heavy atom. The molecule has 2 aromatic carbocycles. The summed E-state index contributed by atoms with van der Waals surface area (Å²) in [5, 5.41) is 1.75. The number of rotatable bonds is 7. The number of carbonyl (C=O) groups is 1. The Balaban J connectivity index is 1.92. The van der Waals surface area contributed by atoms with Gasteiger partial charge in [0, 0.05) is 17.2 Å². The van der Waals surface area contributed by atoms with Gasteiger partial charge in [0.05, 0.1) is 23.2 Å². The number of thioether (sulfide) groups is 1. The minimum absolute atomic E-state index is 0.129. The van der Waals surface area contributed by atoms with Gasteiger partial charge in [0.15, 0.2) is 5.16 Å². The van der Waals surface area contributed by atoms with E-state index in [2.05, 4.69) is 4.98 Å². The van der Waals surface area contributed by atoms with E-state index < -0.39 is 0 Å². The van der Waals surface area contributed by atoms with E-state index in [1.54, 1.807) is 41.8 Å². The molecule has 1 aromatic heterocycles. The maximum Gasteiger partial charge on any atom is 0.305 e. The van der Waals surface area contributed by atoms with Crippen LogP contribution in [0.1, 0.15) is 19.8 Å². The Morgan fingerprint density at radius 3 is 2.67 bits per heavy atom. The van der Waals surface area contributed by atoms with Crippen LogP contribution in [0.15, 0.2) is 58.5 Å². The second kappa shape index (κ2) is 9.06. The molecule has 0 radical (unpaired) electrons. The Bertz CT molecular complexity index is 1000. The van der Waals surface area contributed by atoms with Crippen molar-refractivity contribution in [1.29, 1.82) is 0 Å². The van der Waals surface area contributed by atoms with Gasteiger partial charge < -0.3 is 4.74 Å². The maximum atomic E-state index is 13.1. The third-order valence-corrected chi connectivity index (χ3v) is 5.17. The number of halogens is 1. The van der Waals surface area contributed by atoms with Gasteiger partial charge in [0.2, 0.25) is 0 Å². The van der Waals surface area contributed by atoms with Gasteiger partial charge in [-0.25, -0.2) is 4.98 Å². The van der Waals surface area contributed by atoms with Crippen molar-refractivity contribution in [3.05, 3.63) is 63.9 Å². The average Bonchev–Trinajstić information content (AvgIpc) is 2.67. The van der Waals surface area contributed by atoms with Crippen molar-refractivity contribution < 1.29 is 9.53 Å². The predicted octanol–water partition coefficient (Wildman–Crippen LogP) is 4.47. The molecule has 0 amide bonds. The Labute approximate surface area is 166 Å². The molecule has 27 heavy (non-hydrogen) atoms. The van der Waals surface area contributed by atoms with Crippen LogP contribution < -0.4 is 5.56 Å². The molecule has 0 saturated heterocycles. The smallest absolute Gasteiger partial charge is 0.305 e. The predicted molar refractivity (Wildman–Crippen MR) is 109 cm³/mol. The Kier molecular flexibility index (Phi) is 6.53. The summed E-state index contributed by atoms with van der Waals surface area (Å²) < 4.78 is 6.53. The summed E-state index contributed by atoms with van der Waals surface area (Å²) in [6, 6.07) is 14.4. The van der Waals surface area contributed by atoms with E-state index in [-0.39, 0.29) is 11.5 Å². The standard InChI is InChI=1S/C20H19ClN2O3S/c1-2-26-18(24)8-5-13-27-20-22-17-7-4-3-6-16(17)19(25)23(20)15-11-9-14(21)10-12-15/h3-4,6-7,9-12H,2,5,8,13H2,1H3. The van der Waals surface area contributed by atoms with Crippen molar-refractivity contribution in [1.82, 2.24) is 9.55 Å². The summed E-state index contributed by atoms with van der Waals surface area (Å²) in [6.07, 6.45) is 0.992. The van der Waals surface area contributed by atoms with E-state index in [4.69, 9.17) is 16.3 Å². The first-order valence-corrected chi connectivity index (χ1v) is 10.0. The van der Waals surface area contributed by atoms with Crippen molar-refractivity contribution in [3.8, 4) is 5.69 Å². The van der Waals surface area contributed by atoms with Crippen molar-refractivity contribution in [2.75, 3.05) is 12.4 Å². The highest BCUT2D eigenvalue weighted by Gasteiger charge is 2.13. The van der Waals surface area contributed by atoms with Crippen LogP contribution in [0.4, 0.5) is 0 Å². The molecule has 0 aliphatic carbocycles. The molecule has 0 spiro atoms. The number of nitrogens with zero attached hydrogens (tertiary/aromatic N) is 2. The summed E-state index contributed by atoms with van der Waals surface area (Å²) in [5.74, 6) is 0.441. The zero-order chi connectivity index (χ0) is 19.2. The second-order valence-electron chi connectivity index (χ2n) is 5.79. The minimum Gasteiger partial charge on any atom is -0.466 e. The Morgan fingerprint density at radius 2 is 1.93 bits per heavy atom. The highest BCUT2D eigenvalue weighted by Crippen LogP contribution is 2.23. The van der Waals surface area contributed by atoms with Crippen molar-refractivity contribution >= 4 is 40.2 Å². The Hall–Kier alpha value is -2.31. The first-order valence-electron chi connectivity index (χ1n) is 8.66. The number of hydrogen-bond donors (Lipinski definition) is 0. The first kappa shape index (κ1) is 19.5. The fourth-order valence-electron chi connectivity index (χ4n) is 2.64. The van der Waals surface area contributed by atoms with E-state index in [1.807, 2.05) is 18.2 Å². The highest BCUT2D eigenvalue weighted by atomic mass is 35.5. The maximum absolute atomic E-state index is 13.1. The zero-order valence-corrected chi connectivity index (χ0v) is 16.4. The summed E-state index contributed by atoms with van der Waals surface area (Å²) in [4.78, 5) is 29.2. The number of para-hydroxylation sites is 1. The van der Waals surface area contributed by atoms with Gasteiger partial charge in [0.25, 0.3) is 5.56 Å². The number of benzene rings is 2. The zero-order valence-electron chi connectivity index (χ0n) is 14.9. The van der Waals surface area contributed by atoms with Crippen LogP contribution >= 0.6 is 23.4 Å². The van der Waals surface area contributed by atoms with Gasteiger partial charge in [-0.2, -0.15) is 0 Å². The molecule has 0 bridgehead atoms. The molecular weight excluding hydrogens is 384 g/mol. The topological polar surface area (TPSA) is 61.2 Å². The molecule has 0 aliphatic heterocycles. The number of hydrogen-bond acceptors (Lipinski definition) is 5. The molecule has 3 aromatic rings. The fraction of sp³-hybridized carbons (Fsp3) is 0.250. The van der Waals surface area contributed by atoms with Crippen molar-refractivity contribution in [2.24, 2.45) is 0 Å². The minimum atomic E-state index is -0.209. The van der Waals surface area contributed by atoms with Gasteiger partial charge in [-0.15, -0.1) is 0 Å². The van der Waals surface area contributed by atoms with Crippen LogP contribution in [0.3, 0.4) is 0 Å². The van der Waals surface area contributed by atoms with Crippen LogP contribution in [0.5, 0.6) is 0 Å².